The van der Waals surface area contributed by atoms with Crippen molar-refractivity contribution in [2.24, 2.45) is 0 Å². The zero-order valence-electron chi connectivity index (χ0n) is 12.8. The molecule has 23 heavy (non-hydrogen) atoms. The van der Waals surface area contributed by atoms with E-state index in [0.29, 0.717) is 13.0 Å². The maximum atomic E-state index is 12.8. The zero-order valence-corrected chi connectivity index (χ0v) is 14.4. The molecule has 0 spiro atoms. The number of aryl methyl sites for hydroxylation is 1. The molecule has 0 fully saturated rings. The Labute approximate surface area is 143 Å². The number of hydrogen-bond donors (Lipinski definition) is 0. The molecule has 0 bridgehead atoms. The Balaban J connectivity index is 1.80. The van der Waals surface area contributed by atoms with Crippen LogP contribution in [0.25, 0.3) is 0 Å². The van der Waals surface area contributed by atoms with Crippen LogP contribution in [-0.4, -0.2) is 15.9 Å². The first kappa shape index (κ1) is 15.8. The number of aromatic nitrogens is 2. The van der Waals surface area contributed by atoms with Crippen LogP contribution in [0.4, 0.5) is 5.69 Å². The summed E-state index contributed by atoms with van der Waals surface area (Å²) in [7, 11) is 0. The van der Waals surface area contributed by atoms with Crippen LogP contribution in [0.5, 0.6) is 0 Å². The van der Waals surface area contributed by atoms with Gasteiger partial charge in [0.05, 0.1) is 35.6 Å². The van der Waals surface area contributed by atoms with Gasteiger partial charge in [0.25, 0.3) is 0 Å². The van der Waals surface area contributed by atoms with Crippen LogP contribution < -0.4 is 4.90 Å². The highest BCUT2D eigenvalue weighted by Gasteiger charge is 2.18. The van der Waals surface area contributed by atoms with Gasteiger partial charge in [-0.15, -0.1) is 11.3 Å². The molecule has 0 atom stereocenters. The SMILES string of the molecule is CCc1nc(CC(=O)N(Cc2ccsc2)c2cccnc2)cs1. The minimum Gasteiger partial charge on any atom is -0.306 e. The van der Waals surface area contributed by atoms with Crippen molar-refractivity contribution < 1.29 is 4.79 Å². The van der Waals surface area contributed by atoms with Gasteiger partial charge in [-0.05, 0) is 40.9 Å². The molecule has 118 valence electrons. The summed E-state index contributed by atoms with van der Waals surface area (Å²) in [6.07, 6.45) is 4.66. The number of thiazole rings is 1. The molecular formula is C17H17N3OS2. The monoisotopic (exact) mass is 343 g/mol. The summed E-state index contributed by atoms with van der Waals surface area (Å²) in [5.74, 6) is 0.0390. The van der Waals surface area contributed by atoms with Gasteiger partial charge in [-0.2, -0.15) is 11.3 Å². The number of thiophene rings is 1. The number of pyridine rings is 1. The van der Waals surface area contributed by atoms with Gasteiger partial charge in [-0.3, -0.25) is 9.78 Å². The Morgan fingerprint density at radius 1 is 1.30 bits per heavy atom. The Kier molecular flexibility index (Phi) is 5.15. The summed E-state index contributed by atoms with van der Waals surface area (Å²) in [6, 6.07) is 5.80. The van der Waals surface area contributed by atoms with Crippen LogP contribution in [0.15, 0.2) is 46.7 Å². The average Bonchev–Trinajstić information content (AvgIpc) is 3.24. The fourth-order valence-electron chi connectivity index (χ4n) is 2.24. The van der Waals surface area contributed by atoms with E-state index >= 15 is 0 Å². The first-order valence-corrected chi connectivity index (χ1v) is 9.23. The molecule has 0 aliphatic carbocycles. The standard InChI is InChI=1S/C17H17N3OS2/c1-2-16-19-14(12-23-16)8-17(21)20(10-13-5-7-22-11-13)15-4-3-6-18-9-15/h3-7,9,11-12H,2,8,10H2,1H3. The van der Waals surface area contributed by atoms with Crippen molar-refractivity contribution in [1.29, 1.82) is 0 Å². The molecule has 0 aliphatic heterocycles. The van der Waals surface area contributed by atoms with Crippen LogP contribution in [0.1, 0.15) is 23.2 Å². The molecule has 0 unspecified atom stereocenters. The van der Waals surface area contributed by atoms with Gasteiger partial charge in [0.2, 0.25) is 5.91 Å². The van der Waals surface area contributed by atoms with Crippen LogP contribution in [0, 0.1) is 0 Å². The number of carbonyl (C=O) groups is 1. The van der Waals surface area contributed by atoms with Crippen molar-refractivity contribution in [2.45, 2.75) is 26.3 Å². The first-order valence-electron chi connectivity index (χ1n) is 7.41. The molecule has 3 heterocycles. The molecule has 4 nitrogen and oxygen atoms in total. The zero-order chi connectivity index (χ0) is 16.1. The summed E-state index contributed by atoms with van der Waals surface area (Å²) in [5, 5.41) is 7.13. The molecule has 0 saturated heterocycles. The second-order valence-corrected chi connectivity index (χ2v) is 6.81. The minimum atomic E-state index is 0.0390. The van der Waals surface area contributed by atoms with Crippen molar-refractivity contribution in [3.63, 3.8) is 0 Å². The van der Waals surface area contributed by atoms with E-state index in [9.17, 15) is 4.79 Å². The van der Waals surface area contributed by atoms with E-state index in [2.05, 4.69) is 22.3 Å². The highest BCUT2D eigenvalue weighted by Crippen LogP contribution is 2.19. The second kappa shape index (κ2) is 7.48. The quantitative estimate of drug-likeness (QED) is 0.681. The Morgan fingerprint density at radius 3 is 2.87 bits per heavy atom. The van der Waals surface area contributed by atoms with Crippen LogP contribution in [0.3, 0.4) is 0 Å². The van der Waals surface area contributed by atoms with Crippen molar-refractivity contribution in [2.75, 3.05) is 4.90 Å². The Morgan fingerprint density at radius 2 is 2.22 bits per heavy atom. The normalized spacial score (nSPS) is 10.7. The van der Waals surface area contributed by atoms with E-state index in [1.54, 1.807) is 40.0 Å². The van der Waals surface area contributed by atoms with Gasteiger partial charge in [0.15, 0.2) is 0 Å². The topological polar surface area (TPSA) is 46.1 Å². The molecule has 0 radical (unpaired) electrons. The van der Waals surface area contributed by atoms with E-state index in [-0.39, 0.29) is 5.91 Å². The average molecular weight is 343 g/mol. The number of amides is 1. The van der Waals surface area contributed by atoms with Gasteiger partial charge in [0, 0.05) is 11.6 Å². The molecule has 0 aromatic carbocycles. The highest BCUT2D eigenvalue weighted by molar-refractivity contribution is 7.09. The van der Waals surface area contributed by atoms with E-state index < -0.39 is 0 Å². The van der Waals surface area contributed by atoms with Gasteiger partial charge in [-0.1, -0.05) is 6.92 Å². The summed E-state index contributed by atoms with van der Waals surface area (Å²) in [4.78, 5) is 23.2. The van der Waals surface area contributed by atoms with Crippen LogP contribution >= 0.6 is 22.7 Å². The van der Waals surface area contributed by atoms with Crippen molar-refractivity contribution in [3.05, 3.63) is 63.0 Å². The van der Waals surface area contributed by atoms with E-state index in [1.165, 1.54) is 0 Å². The van der Waals surface area contributed by atoms with Crippen LogP contribution in [0.2, 0.25) is 0 Å². The number of carbonyl (C=O) groups excluding carboxylic acids is 1. The van der Waals surface area contributed by atoms with Crippen molar-refractivity contribution >= 4 is 34.3 Å². The van der Waals surface area contributed by atoms with E-state index in [1.807, 2.05) is 29.0 Å². The van der Waals surface area contributed by atoms with Gasteiger partial charge in [0.1, 0.15) is 0 Å². The fraction of sp³-hybridized carbons (Fsp3) is 0.235. The smallest absolute Gasteiger partial charge is 0.233 e. The lowest BCUT2D eigenvalue weighted by molar-refractivity contribution is -0.118. The Hall–Kier alpha value is -2.05. The summed E-state index contributed by atoms with van der Waals surface area (Å²) >= 11 is 3.25. The lowest BCUT2D eigenvalue weighted by Gasteiger charge is -2.21. The third kappa shape index (κ3) is 4.03. The molecule has 6 heteroatoms. The number of rotatable bonds is 6. The summed E-state index contributed by atoms with van der Waals surface area (Å²) in [6.45, 7) is 2.63. The summed E-state index contributed by atoms with van der Waals surface area (Å²) < 4.78 is 0. The van der Waals surface area contributed by atoms with Crippen molar-refractivity contribution in [1.82, 2.24) is 9.97 Å². The number of nitrogens with zero attached hydrogens (tertiary/aromatic N) is 3. The predicted molar refractivity (Wildman–Crippen MR) is 94.9 cm³/mol. The van der Waals surface area contributed by atoms with E-state index in [0.717, 1.165) is 28.4 Å². The molecular weight excluding hydrogens is 326 g/mol. The minimum absolute atomic E-state index is 0.0390. The highest BCUT2D eigenvalue weighted by atomic mass is 32.1. The Bertz CT molecular complexity index is 753. The second-order valence-electron chi connectivity index (χ2n) is 5.09. The number of anilines is 1. The van der Waals surface area contributed by atoms with Gasteiger partial charge in [-0.25, -0.2) is 4.98 Å². The van der Waals surface area contributed by atoms with Gasteiger partial charge >= 0.3 is 0 Å². The molecule has 3 aromatic heterocycles. The fourth-order valence-corrected chi connectivity index (χ4v) is 3.65. The molecule has 1 amide bonds. The first-order chi connectivity index (χ1) is 11.3. The number of hydrogen-bond acceptors (Lipinski definition) is 5. The molecule has 3 rings (SSSR count). The molecule has 0 aliphatic rings. The lowest BCUT2D eigenvalue weighted by Crippen LogP contribution is -2.31. The maximum absolute atomic E-state index is 12.8. The summed E-state index contributed by atoms with van der Waals surface area (Å²) in [5.41, 5.74) is 2.78. The van der Waals surface area contributed by atoms with Crippen LogP contribution in [-0.2, 0) is 24.2 Å². The third-order valence-corrected chi connectivity index (χ3v) is 5.19. The van der Waals surface area contributed by atoms with E-state index in [4.69, 9.17) is 0 Å². The molecule has 0 saturated carbocycles. The van der Waals surface area contributed by atoms with Gasteiger partial charge < -0.3 is 4.90 Å². The largest absolute Gasteiger partial charge is 0.306 e. The predicted octanol–water partition coefficient (Wildman–Crippen LogP) is 3.94. The third-order valence-electron chi connectivity index (χ3n) is 3.41. The molecule has 3 aromatic rings. The lowest BCUT2D eigenvalue weighted by atomic mass is 10.2. The van der Waals surface area contributed by atoms with Crippen molar-refractivity contribution in [3.8, 4) is 0 Å². The maximum Gasteiger partial charge on any atom is 0.233 e. The molecule has 0 N–H and O–H groups in total.